The Morgan fingerprint density at radius 1 is 1.16 bits per heavy atom. The number of amides is 3. The van der Waals surface area contributed by atoms with Crippen LogP contribution in [0.25, 0.3) is 11.0 Å². The van der Waals surface area contributed by atoms with Crippen molar-refractivity contribution in [3.05, 3.63) is 18.2 Å². The summed E-state index contributed by atoms with van der Waals surface area (Å²) in [5, 5.41) is 3.32. The first kappa shape index (κ1) is 22.1. The Hall–Kier alpha value is -2.11. The van der Waals surface area contributed by atoms with Gasteiger partial charge < -0.3 is 9.88 Å². The van der Waals surface area contributed by atoms with Crippen LogP contribution in [0.5, 0.6) is 0 Å². The highest BCUT2D eigenvalue weighted by molar-refractivity contribution is 7.99. The molecule has 2 aromatic rings. The molecule has 2 fully saturated rings. The second kappa shape index (κ2) is 9.17. The van der Waals surface area contributed by atoms with Gasteiger partial charge in [-0.1, -0.05) is 18.2 Å². The molecule has 0 bridgehead atoms. The Kier molecular flexibility index (Phi) is 6.54. The molecule has 1 aromatic carbocycles. The van der Waals surface area contributed by atoms with Crippen LogP contribution < -0.4 is 5.32 Å². The summed E-state index contributed by atoms with van der Waals surface area (Å²) in [6.07, 6.45) is 3.53. The standard InChI is InChI=1S/C20H27N5O4S2/c1-2-24-17-8-7-15(31(28,29)23-9-4-3-5-10-23)13-16(17)22-20(24)30-12-6-11-25-18(26)14-21-19(25)27/h7-8,13H,2-6,9-12,14H2,1H3,(H,21,27). The number of aromatic nitrogens is 2. The number of fused-ring (bicyclic) bond motifs is 1. The lowest BCUT2D eigenvalue weighted by molar-refractivity contribution is -0.124. The van der Waals surface area contributed by atoms with Gasteiger partial charge in [0.15, 0.2) is 5.16 Å². The molecule has 0 spiro atoms. The number of imide groups is 1. The van der Waals surface area contributed by atoms with Crippen LogP contribution in [-0.4, -0.2) is 71.0 Å². The van der Waals surface area contributed by atoms with Gasteiger partial charge >= 0.3 is 6.03 Å². The van der Waals surface area contributed by atoms with Crippen molar-refractivity contribution in [3.63, 3.8) is 0 Å². The monoisotopic (exact) mass is 465 g/mol. The fourth-order valence-corrected chi connectivity index (χ4v) is 6.53. The van der Waals surface area contributed by atoms with E-state index in [1.807, 2.05) is 13.0 Å². The van der Waals surface area contributed by atoms with Crippen molar-refractivity contribution >= 4 is 44.8 Å². The molecule has 0 atom stereocenters. The predicted octanol–water partition coefficient (Wildman–Crippen LogP) is 2.26. The van der Waals surface area contributed by atoms with Crippen molar-refractivity contribution in [1.82, 2.24) is 24.1 Å². The number of aryl methyl sites for hydroxylation is 1. The van der Waals surface area contributed by atoms with Crippen LogP contribution in [0.4, 0.5) is 4.79 Å². The van der Waals surface area contributed by atoms with Gasteiger partial charge in [-0.15, -0.1) is 0 Å². The number of carbonyl (C=O) groups excluding carboxylic acids is 2. The molecule has 4 rings (SSSR count). The van der Waals surface area contributed by atoms with E-state index >= 15 is 0 Å². The fourth-order valence-electron chi connectivity index (χ4n) is 3.99. The Bertz CT molecular complexity index is 1080. The number of rotatable bonds is 8. The van der Waals surface area contributed by atoms with E-state index in [0.717, 1.165) is 29.9 Å². The SMILES string of the molecule is CCn1c(SCCCN2C(=O)CNC2=O)nc2cc(S(=O)(=O)N3CCCCC3)ccc21. The highest BCUT2D eigenvalue weighted by Gasteiger charge is 2.28. The van der Waals surface area contributed by atoms with E-state index in [2.05, 4.69) is 14.9 Å². The van der Waals surface area contributed by atoms with Crippen molar-refractivity contribution < 1.29 is 18.0 Å². The molecule has 9 nitrogen and oxygen atoms in total. The molecule has 2 aliphatic heterocycles. The molecule has 0 unspecified atom stereocenters. The number of imidazole rings is 1. The predicted molar refractivity (Wildman–Crippen MR) is 118 cm³/mol. The second-order valence-corrected chi connectivity index (χ2v) is 10.7. The van der Waals surface area contributed by atoms with E-state index in [1.54, 1.807) is 28.2 Å². The maximum absolute atomic E-state index is 13.0. The summed E-state index contributed by atoms with van der Waals surface area (Å²) in [7, 11) is -3.50. The Labute approximate surface area is 186 Å². The summed E-state index contributed by atoms with van der Waals surface area (Å²) in [5.41, 5.74) is 1.56. The van der Waals surface area contributed by atoms with Crippen LogP contribution in [0, 0.1) is 0 Å². The highest BCUT2D eigenvalue weighted by atomic mass is 32.2. The van der Waals surface area contributed by atoms with Gasteiger partial charge in [0.1, 0.15) is 0 Å². The quantitative estimate of drug-likeness (QED) is 0.364. The zero-order valence-electron chi connectivity index (χ0n) is 17.5. The molecule has 2 aliphatic rings. The number of hydrogen-bond donors (Lipinski definition) is 1. The second-order valence-electron chi connectivity index (χ2n) is 7.66. The Balaban J connectivity index is 1.48. The lowest BCUT2D eigenvalue weighted by Crippen LogP contribution is -2.35. The van der Waals surface area contributed by atoms with E-state index in [4.69, 9.17) is 0 Å². The van der Waals surface area contributed by atoms with Crippen LogP contribution in [0.1, 0.15) is 32.6 Å². The van der Waals surface area contributed by atoms with Crippen LogP contribution >= 0.6 is 11.8 Å². The first-order chi connectivity index (χ1) is 14.9. The summed E-state index contributed by atoms with van der Waals surface area (Å²) in [6.45, 7) is 4.33. The maximum Gasteiger partial charge on any atom is 0.324 e. The molecule has 0 saturated carbocycles. The minimum Gasteiger partial charge on any atom is -0.329 e. The third-order valence-electron chi connectivity index (χ3n) is 5.65. The van der Waals surface area contributed by atoms with Gasteiger partial charge in [0.25, 0.3) is 0 Å². The van der Waals surface area contributed by atoms with Gasteiger partial charge in [-0.25, -0.2) is 18.2 Å². The number of urea groups is 1. The minimum atomic E-state index is -3.50. The Morgan fingerprint density at radius 3 is 2.61 bits per heavy atom. The lowest BCUT2D eigenvalue weighted by atomic mass is 10.2. The number of benzene rings is 1. The number of piperidine rings is 1. The van der Waals surface area contributed by atoms with E-state index < -0.39 is 10.0 Å². The number of hydrogen-bond acceptors (Lipinski definition) is 6. The number of thioether (sulfide) groups is 1. The Morgan fingerprint density at radius 2 is 1.94 bits per heavy atom. The summed E-state index contributed by atoms with van der Waals surface area (Å²) in [4.78, 5) is 29.5. The summed E-state index contributed by atoms with van der Waals surface area (Å²) >= 11 is 1.55. The normalized spacial score (nSPS) is 18.2. The first-order valence-corrected chi connectivity index (χ1v) is 13.1. The van der Waals surface area contributed by atoms with Crippen molar-refractivity contribution in [3.8, 4) is 0 Å². The van der Waals surface area contributed by atoms with Gasteiger partial charge in [0, 0.05) is 31.9 Å². The third-order valence-corrected chi connectivity index (χ3v) is 8.61. The van der Waals surface area contributed by atoms with Gasteiger partial charge in [-0.2, -0.15) is 4.31 Å². The first-order valence-electron chi connectivity index (χ1n) is 10.6. The van der Waals surface area contributed by atoms with Gasteiger partial charge in [-0.3, -0.25) is 9.69 Å². The van der Waals surface area contributed by atoms with E-state index in [-0.39, 0.29) is 23.4 Å². The van der Waals surface area contributed by atoms with E-state index in [9.17, 15) is 18.0 Å². The van der Waals surface area contributed by atoms with Crippen molar-refractivity contribution in [1.29, 1.82) is 0 Å². The largest absolute Gasteiger partial charge is 0.329 e. The van der Waals surface area contributed by atoms with Crippen LogP contribution in [0.15, 0.2) is 28.3 Å². The van der Waals surface area contributed by atoms with Crippen LogP contribution in [0.2, 0.25) is 0 Å². The van der Waals surface area contributed by atoms with Gasteiger partial charge in [-0.05, 0) is 44.4 Å². The molecule has 2 saturated heterocycles. The third kappa shape index (κ3) is 4.44. The molecule has 0 radical (unpaired) electrons. The van der Waals surface area contributed by atoms with Gasteiger partial charge in [0.05, 0.1) is 22.5 Å². The molecule has 31 heavy (non-hydrogen) atoms. The molecule has 3 heterocycles. The van der Waals surface area contributed by atoms with Crippen molar-refractivity contribution in [2.45, 2.75) is 49.2 Å². The highest BCUT2D eigenvalue weighted by Crippen LogP contribution is 2.28. The van der Waals surface area contributed by atoms with E-state index in [1.165, 1.54) is 4.90 Å². The van der Waals surface area contributed by atoms with E-state index in [0.29, 0.717) is 43.9 Å². The van der Waals surface area contributed by atoms with Crippen molar-refractivity contribution in [2.24, 2.45) is 0 Å². The molecule has 3 amide bonds. The summed E-state index contributed by atoms with van der Waals surface area (Å²) in [6, 6.07) is 4.84. The van der Waals surface area contributed by atoms with Crippen LogP contribution in [-0.2, 0) is 21.4 Å². The number of nitrogens with one attached hydrogen (secondary N) is 1. The molecule has 1 aromatic heterocycles. The molecule has 0 aliphatic carbocycles. The average molecular weight is 466 g/mol. The summed E-state index contributed by atoms with van der Waals surface area (Å²) in [5.74, 6) is 0.498. The minimum absolute atomic E-state index is 0.0697. The number of nitrogens with zero attached hydrogens (tertiary/aromatic N) is 4. The van der Waals surface area contributed by atoms with Gasteiger partial charge in [0.2, 0.25) is 15.9 Å². The lowest BCUT2D eigenvalue weighted by Gasteiger charge is -2.25. The molecular weight excluding hydrogens is 438 g/mol. The zero-order valence-corrected chi connectivity index (χ0v) is 19.2. The molecule has 1 N–H and O–H groups in total. The average Bonchev–Trinajstić information content (AvgIpc) is 3.30. The summed E-state index contributed by atoms with van der Waals surface area (Å²) < 4.78 is 29.6. The zero-order chi connectivity index (χ0) is 22.0. The van der Waals surface area contributed by atoms with Crippen LogP contribution in [0.3, 0.4) is 0 Å². The maximum atomic E-state index is 13.0. The smallest absolute Gasteiger partial charge is 0.324 e. The topological polar surface area (TPSA) is 105 Å². The fraction of sp³-hybridized carbons (Fsp3) is 0.550. The molecule has 168 valence electrons. The molecule has 11 heteroatoms. The molecular formula is C20H27N5O4S2. The number of carbonyl (C=O) groups is 2. The number of sulfonamides is 1. The van der Waals surface area contributed by atoms with Crippen molar-refractivity contribution in [2.75, 3.05) is 31.9 Å².